The summed E-state index contributed by atoms with van der Waals surface area (Å²) in [7, 11) is 0. The molecule has 0 fully saturated rings. The summed E-state index contributed by atoms with van der Waals surface area (Å²) in [5.41, 5.74) is 0. The van der Waals surface area contributed by atoms with Crippen LogP contribution in [0.2, 0.25) is 0 Å². The van der Waals surface area contributed by atoms with Crippen LogP contribution in [0.4, 0.5) is 0 Å². The zero-order chi connectivity index (χ0) is 24.5. The van der Waals surface area contributed by atoms with Crippen LogP contribution >= 0.6 is 0 Å². The van der Waals surface area contributed by atoms with E-state index in [1.165, 1.54) is 12.8 Å². The fourth-order valence-corrected chi connectivity index (χ4v) is 3.45. The molecule has 0 radical (unpaired) electrons. The molecule has 0 bridgehead atoms. The fraction of sp³-hybridized carbons (Fsp3) is 0.714. The number of ether oxygens (including phenoxy) is 3. The van der Waals surface area contributed by atoms with Crippen molar-refractivity contribution in [2.45, 2.75) is 112 Å². The van der Waals surface area contributed by atoms with Crippen molar-refractivity contribution in [3.8, 4) is 17.2 Å². The van der Waals surface area contributed by atoms with Gasteiger partial charge in [0.2, 0.25) is 0 Å². The number of hydrogen-bond donors (Lipinski definition) is 0. The summed E-state index contributed by atoms with van der Waals surface area (Å²) in [4.78, 5) is 24.7. The van der Waals surface area contributed by atoms with E-state index in [2.05, 4.69) is 34.6 Å². The quantitative estimate of drug-likeness (QED) is 0.126. The van der Waals surface area contributed by atoms with Crippen molar-refractivity contribution in [2.75, 3.05) is 6.61 Å². The molecule has 5 heteroatoms. The first-order chi connectivity index (χ1) is 15.8. The Bertz CT molecular complexity index is 681. The first-order valence-electron chi connectivity index (χ1n) is 13.0. The molecule has 0 saturated carbocycles. The van der Waals surface area contributed by atoms with Crippen molar-refractivity contribution in [3.63, 3.8) is 0 Å². The molecule has 0 aliphatic carbocycles. The van der Waals surface area contributed by atoms with Crippen LogP contribution in [0.3, 0.4) is 0 Å². The molecule has 33 heavy (non-hydrogen) atoms. The third-order valence-corrected chi connectivity index (χ3v) is 5.45. The van der Waals surface area contributed by atoms with Crippen molar-refractivity contribution in [3.05, 3.63) is 18.2 Å². The Morgan fingerprint density at radius 3 is 1.85 bits per heavy atom. The molecular weight excluding hydrogens is 416 g/mol. The normalized spacial score (nSPS) is 11.1. The van der Waals surface area contributed by atoms with Crippen LogP contribution in [0.5, 0.6) is 17.2 Å². The molecule has 0 aliphatic rings. The Labute approximate surface area is 201 Å². The van der Waals surface area contributed by atoms with Crippen LogP contribution in [-0.2, 0) is 9.59 Å². The Kier molecular flexibility index (Phi) is 15.3. The highest BCUT2D eigenvalue weighted by molar-refractivity contribution is 5.76. The van der Waals surface area contributed by atoms with Gasteiger partial charge in [0.1, 0.15) is 5.75 Å². The van der Waals surface area contributed by atoms with E-state index in [1.54, 1.807) is 18.2 Å². The lowest BCUT2D eigenvalue weighted by Gasteiger charge is -2.13. The maximum Gasteiger partial charge on any atom is 0.311 e. The van der Waals surface area contributed by atoms with Gasteiger partial charge in [0.05, 0.1) is 6.61 Å². The Morgan fingerprint density at radius 1 is 0.727 bits per heavy atom. The zero-order valence-corrected chi connectivity index (χ0v) is 21.6. The Hall–Kier alpha value is -2.04. The average Bonchev–Trinajstić information content (AvgIpc) is 2.75. The lowest BCUT2D eigenvalue weighted by molar-refractivity contribution is -0.137. The summed E-state index contributed by atoms with van der Waals surface area (Å²) in [6, 6.07) is 5.09. The van der Waals surface area contributed by atoms with Gasteiger partial charge in [0, 0.05) is 18.9 Å². The van der Waals surface area contributed by atoms with Crippen LogP contribution in [0.25, 0.3) is 0 Å². The number of benzene rings is 1. The molecule has 0 spiro atoms. The monoisotopic (exact) mass is 462 g/mol. The molecule has 1 aromatic rings. The molecular formula is C28H46O5. The number of esters is 2. The number of carbonyl (C=O) groups excluding carboxylic acids is 2. The number of rotatable bonds is 18. The summed E-state index contributed by atoms with van der Waals surface area (Å²) >= 11 is 0. The molecule has 0 saturated heterocycles. The molecule has 1 aromatic carbocycles. The Morgan fingerprint density at radius 2 is 1.30 bits per heavy atom. The minimum Gasteiger partial charge on any atom is -0.493 e. The van der Waals surface area contributed by atoms with Gasteiger partial charge in [0.25, 0.3) is 0 Å². The summed E-state index contributed by atoms with van der Waals surface area (Å²) in [6.07, 6.45) is 10.9. The van der Waals surface area contributed by atoms with Gasteiger partial charge in [-0.3, -0.25) is 9.59 Å². The van der Waals surface area contributed by atoms with E-state index in [0.717, 1.165) is 51.4 Å². The van der Waals surface area contributed by atoms with E-state index in [-0.39, 0.29) is 23.4 Å². The van der Waals surface area contributed by atoms with Gasteiger partial charge < -0.3 is 14.2 Å². The molecule has 0 aliphatic heterocycles. The largest absolute Gasteiger partial charge is 0.493 e. The molecule has 5 nitrogen and oxygen atoms in total. The lowest BCUT2D eigenvalue weighted by Crippen LogP contribution is -2.12. The van der Waals surface area contributed by atoms with Crippen LogP contribution in [0, 0.1) is 11.8 Å². The van der Waals surface area contributed by atoms with Gasteiger partial charge in [-0.1, -0.05) is 79.6 Å². The van der Waals surface area contributed by atoms with E-state index in [1.807, 2.05) is 0 Å². The van der Waals surface area contributed by atoms with Crippen LogP contribution in [0.1, 0.15) is 112 Å². The van der Waals surface area contributed by atoms with Crippen LogP contribution in [-0.4, -0.2) is 18.5 Å². The standard InChI is InChI=1S/C28H46O5/c1-6-7-8-13-20-31-24-18-19-25(32-27(29)16-11-9-14-22(2)3)26(21-24)33-28(30)17-12-10-15-23(4)5/h18-19,21-23H,6-17,20H2,1-5H3. The molecule has 1 rings (SSSR count). The van der Waals surface area contributed by atoms with E-state index >= 15 is 0 Å². The summed E-state index contributed by atoms with van der Waals surface area (Å²) in [6.45, 7) is 11.5. The summed E-state index contributed by atoms with van der Waals surface area (Å²) in [5, 5.41) is 0. The predicted molar refractivity (Wildman–Crippen MR) is 134 cm³/mol. The summed E-state index contributed by atoms with van der Waals surface area (Å²) < 4.78 is 17.0. The zero-order valence-electron chi connectivity index (χ0n) is 21.6. The highest BCUT2D eigenvalue weighted by atomic mass is 16.6. The fourth-order valence-electron chi connectivity index (χ4n) is 3.45. The second-order valence-electron chi connectivity index (χ2n) is 9.75. The van der Waals surface area contributed by atoms with E-state index in [9.17, 15) is 9.59 Å². The van der Waals surface area contributed by atoms with Gasteiger partial charge in [-0.15, -0.1) is 0 Å². The molecule has 0 N–H and O–H groups in total. The third-order valence-electron chi connectivity index (χ3n) is 5.45. The molecule has 0 atom stereocenters. The van der Waals surface area contributed by atoms with Crippen molar-refractivity contribution in [2.24, 2.45) is 11.8 Å². The minimum absolute atomic E-state index is 0.255. The van der Waals surface area contributed by atoms with Crippen LogP contribution < -0.4 is 14.2 Å². The second-order valence-corrected chi connectivity index (χ2v) is 9.75. The van der Waals surface area contributed by atoms with E-state index in [4.69, 9.17) is 14.2 Å². The molecule has 0 heterocycles. The SMILES string of the molecule is CCCCCCOc1ccc(OC(=O)CCCCC(C)C)c(OC(=O)CCCCC(C)C)c1. The van der Waals surface area contributed by atoms with Crippen molar-refractivity contribution in [1.82, 2.24) is 0 Å². The topological polar surface area (TPSA) is 61.8 Å². The van der Waals surface area contributed by atoms with Crippen molar-refractivity contribution in [1.29, 1.82) is 0 Å². The van der Waals surface area contributed by atoms with Gasteiger partial charge in [-0.25, -0.2) is 0 Å². The van der Waals surface area contributed by atoms with Gasteiger partial charge >= 0.3 is 11.9 Å². The van der Waals surface area contributed by atoms with E-state index < -0.39 is 0 Å². The Balaban J connectivity index is 2.71. The van der Waals surface area contributed by atoms with Crippen molar-refractivity contribution >= 4 is 11.9 Å². The average molecular weight is 463 g/mol. The van der Waals surface area contributed by atoms with Crippen molar-refractivity contribution < 1.29 is 23.8 Å². The second kappa shape index (κ2) is 17.4. The predicted octanol–water partition coefficient (Wildman–Crippen LogP) is 7.89. The first kappa shape index (κ1) is 29.0. The number of carbonyl (C=O) groups is 2. The summed E-state index contributed by atoms with van der Waals surface area (Å²) in [5.74, 6) is 1.78. The molecule has 0 unspecified atom stereocenters. The molecule has 0 amide bonds. The first-order valence-corrected chi connectivity index (χ1v) is 13.0. The van der Waals surface area contributed by atoms with Gasteiger partial charge in [-0.05, 0) is 43.2 Å². The highest BCUT2D eigenvalue weighted by Gasteiger charge is 2.15. The maximum atomic E-state index is 12.4. The van der Waals surface area contributed by atoms with Gasteiger partial charge in [-0.2, -0.15) is 0 Å². The molecule has 188 valence electrons. The number of unbranched alkanes of at least 4 members (excludes halogenated alkanes) is 5. The van der Waals surface area contributed by atoms with Gasteiger partial charge in [0.15, 0.2) is 11.5 Å². The highest BCUT2D eigenvalue weighted by Crippen LogP contribution is 2.33. The maximum absolute atomic E-state index is 12.4. The molecule has 0 aromatic heterocycles. The van der Waals surface area contributed by atoms with E-state index in [0.29, 0.717) is 37.0 Å². The smallest absolute Gasteiger partial charge is 0.311 e. The lowest BCUT2D eigenvalue weighted by atomic mass is 10.1. The third kappa shape index (κ3) is 14.7. The minimum atomic E-state index is -0.312. The van der Waals surface area contributed by atoms with Crippen LogP contribution in [0.15, 0.2) is 18.2 Å². The number of hydrogen-bond acceptors (Lipinski definition) is 5.